The Morgan fingerprint density at radius 3 is 2.10 bits per heavy atom. The van der Waals surface area contributed by atoms with Crippen LogP contribution in [0.3, 0.4) is 0 Å². The first kappa shape index (κ1) is 15.8. The number of rotatable bonds is 2. The summed E-state index contributed by atoms with van der Waals surface area (Å²) < 4.78 is 0. The molecule has 2 aromatic rings. The normalized spacial score (nSPS) is 10.3. The van der Waals surface area contributed by atoms with Crippen LogP contribution < -0.4 is 10.6 Å². The summed E-state index contributed by atoms with van der Waals surface area (Å²) in [4.78, 5) is 0. The number of halogens is 1. The number of anilines is 2. The lowest BCUT2D eigenvalue weighted by Gasteiger charge is -2.16. The van der Waals surface area contributed by atoms with Crippen molar-refractivity contribution >= 4 is 40.3 Å². The van der Waals surface area contributed by atoms with Gasteiger partial charge in [-0.25, -0.2) is 0 Å². The van der Waals surface area contributed by atoms with E-state index in [1.54, 1.807) is 0 Å². The molecule has 0 spiro atoms. The Hall–Kier alpha value is -1.58. The fraction of sp³-hybridized carbons (Fsp3) is 0.235. The fourth-order valence-corrected chi connectivity index (χ4v) is 2.72. The summed E-state index contributed by atoms with van der Waals surface area (Å²) in [5.41, 5.74) is 6.59. The zero-order valence-corrected chi connectivity index (χ0v) is 14.2. The van der Waals surface area contributed by atoms with Crippen LogP contribution in [0, 0.1) is 27.7 Å². The maximum absolute atomic E-state index is 6.12. The molecule has 0 unspecified atom stereocenters. The molecule has 4 heteroatoms. The van der Waals surface area contributed by atoms with Crippen molar-refractivity contribution in [3.8, 4) is 0 Å². The summed E-state index contributed by atoms with van der Waals surface area (Å²) in [5.74, 6) is 0. The summed E-state index contributed by atoms with van der Waals surface area (Å²) >= 11 is 11.5. The first-order chi connectivity index (χ1) is 9.86. The van der Waals surface area contributed by atoms with E-state index in [-0.39, 0.29) is 0 Å². The minimum Gasteiger partial charge on any atom is -0.332 e. The van der Waals surface area contributed by atoms with Crippen LogP contribution in [0.15, 0.2) is 30.3 Å². The van der Waals surface area contributed by atoms with E-state index >= 15 is 0 Å². The molecule has 110 valence electrons. The van der Waals surface area contributed by atoms with E-state index < -0.39 is 0 Å². The number of aryl methyl sites for hydroxylation is 4. The summed E-state index contributed by atoms with van der Waals surface area (Å²) in [7, 11) is 0. The minimum absolute atomic E-state index is 0.560. The Labute approximate surface area is 136 Å². The van der Waals surface area contributed by atoms with Crippen molar-refractivity contribution in [1.29, 1.82) is 0 Å². The predicted molar refractivity (Wildman–Crippen MR) is 96.7 cm³/mol. The van der Waals surface area contributed by atoms with Gasteiger partial charge in [0.2, 0.25) is 0 Å². The number of thiocarbonyl (C=S) groups is 1. The number of hydrogen-bond donors (Lipinski definition) is 2. The van der Waals surface area contributed by atoms with E-state index in [1.807, 2.05) is 25.1 Å². The second kappa shape index (κ2) is 6.46. The molecule has 0 aliphatic carbocycles. The Morgan fingerprint density at radius 1 is 0.905 bits per heavy atom. The van der Waals surface area contributed by atoms with Crippen LogP contribution >= 0.6 is 23.8 Å². The zero-order chi connectivity index (χ0) is 15.6. The third-order valence-corrected chi connectivity index (χ3v) is 3.96. The second-order valence-electron chi connectivity index (χ2n) is 5.32. The van der Waals surface area contributed by atoms with E-state index in [9.17, 15) is 0 Å². The number of benzene rings is 2. The molecule has 0 aliphatic rings. The maximum atomic E-state index is 6.12. The van der Waals surface area contributed by atoms with Gasteiger partial charge < -0.3 is 10.6 Å². The molecule has 0 bridgehead atoms. The molecule has 0 aromatic heterocycles. The number of nitrogens with one attached hydrogen (secondary N) is 2. The molecule has 0 atom stereocenters. The highest BCUT2D eigenvalue weighted by Crippen LogP contribution is 2.23. The van der Waals surface area contributed by atoms with Crippen LogP contribution in [0.1, 0.15) is 22.3 Å². The van der Waals surface area contributed by atoms with Crippen molar-refractivity contribution in [2.24, 2.45) is 0 Å². The Morgan fingerprint density at radius 2 is 1.52 bits per heavy atom. The van der Waals surface area contributed by atoms with Gasteiger partial charge >= 0.3 is 0 Å². The molecule has 0 fully saturated rings. The smallest absolute Gasteiger partial charge is 0.175 e. The third kappa shape index (κ3) is 3.96. The first-order valence-corrected chi connectivity index (χ1v) is 7.57. The lowest BCUT2D eigenvalue weighted by atomic mass is 10.1. The lowest BCUT2D eigenvalue weighted by molar-refractivity contribution is 1.32. The van der Waals surface area contributed by atoms with E-state index in [2.05, 4.69) is 43.5 Å². The molecule has 0 heterocycles. The summed E-state index contributed by atoms with van der Waals surface area (Å²) in [6.45, 7) is 8.22. The zero-order valence-electron chi connectivity index (χ0n) is 12.7. The first-order valence-electron chi connectivity index (χ1n) is 6.79. The van der Waals surface area contributed by atoms with Gasteiger partial charge in [0.05, 0.1) is 0 Å². The predicted octanol–water partition coefficient (Wildman–Crippen LogP) is 5.38. The molecule has 0 saturated carbocycles. The molecule has 0 radical (unpaired) electrons. The monoisotopic (exact) mass is 318 g/mol. The van der Waals surface area contributed by atoms with Crippen LogP contribution in [0.5, 0.6) is 0 Å². The van der Waals surface area contributed by atoms with Crippen molar-refractivity contribution in [3.05, 3.63) is 57.6 Å². The maximum Gasteiger partial charge on any atom is 0.175 e. The number of hydrogen-bond acceptors (Lipinski definition) is 1. The fourth-order valence-electron chi connectivity index (χ4n) is 2.32. The van der Waals surface area contributed by atoms with Gasteiger partial charge in [0, 0.05) is 16.4 Å². The molecule has 2 nitrogen and oxygen atoms in total. The van der Waals surface area contributed by atoms with Gasteiger partial charge in [-0.3, -0.25) is 0 Å². The van der Waals surface area contributed by atoms with Gasteiger partial charge in [0.25, 0.3) is 0 Å². The molecule has 0 aliphatic heterocycles. The Kier molecular flexibility index (Phi) is 4.86. The third-order valence-electron chi connectivity index (χ3n) is 3.35. The van der Waals surface area contributed by atoms with Gasteiger partial charge in [0.15, 0.2) is 5.11 Å². The van der Waals surface area contributed by atoms with E-state index in [0.29, 0.717) is 5.11 Å². The van der Waals surface area contributed by atoms with Gasteiger partial charge in [-0.2, -0.15) is 0 Å². The molecule has 2 rings (SSSR count). The highest BCUT2D eigenvalue weighted by atomic mass is 35.5. The van der Waals surface area contributed by atoms with E-state index in [4.69, 9.17) is 23.8 Å². The molecule has 21 heavy (non-hydrogen) atoms. The molecule has 0 saturated heterocycles. The highest BCUT2D eigenvalue weighted by Gasteiger charge is 2.06. The molecule has 2 N–H and O–H groups in total. The van der Waals surface area contributed by atoms with Crippen LogP contribution in [0.4, 0.5) is 11.4 Å². The Bertz CT molecular complexity index is 672. The molecule has 0 amide bonds. The van der Waals surface area contributed by atoms with Crippen molar-refractivity contribution in [2.75, 3.05) is 10.6 Å². The highest BCUT2D eigenvalue weighted by molar-refractivity contribution is 7.80. The molecule has 2 aromatic carbocycles. The lowest BCUT2D eigenvalue weighted by Crippen LogP contribution is -2.20. The molecular formula is C17H19ClN2S. The van der Waals surface area contributed by atoms with Gasteiger partial charge in [-0.15, -0.1) is 0 Å². The van der Waals surface area contributed by atoms with Crippen molar-refractivity contribution in [1.82, 2.24) is 0 Å². The largest absolute Gasteiger partial charge is 0.332 e. The van der Waals surface area contributed by atoms with E-state index in [1.165, 1.54) is 16.7 Å². The minimum atomic E-state index is 0.560. The molecular weight excluding hydrogens is 300 g/mol. The Balaban J connectivity index is 2.13. The summed E-state index contributed by atoms with van der Waals surface area (Å²) in [6, 6.07) is 10.1. The van der Waals surface area contributed by atoms with Gasteiger partial charge in [-0.05, 0) is 68.7 Å². The quantitative estimate of drug-likeness (QED) is 0.727. The van der Waals surface area contributed by atoms with Gasteiger partial charge in [0.1, 0.15) is 0 Å². The van der Waals surface area contributed by atoms with Crippen LogP contribution in [0.2, 0.25) is 5.02 Å². The van der Waals surface area contributed by atoms with Crippen LogP contribution in [0.25, 0.3) is 0 Å². The van der Waals surface area contributed by atoms with Gasteiger partial charge in [-0.1, -0.05) is 35.4 Å². The average molecular weight is 319 g/mol. The standard InChI is InChI=1S/C17H19ClN2S/c1-10-7-12(3)16(13(4)8-10)20-17(21)19-14-6-5-11(2)15(18)9-14/h5-9H,1-4H3,(H2,19,20,21). The van der Waals surface area contributed by atoms with Crippen molar-refractivity contribution < 1.29 is 0 Å². The summed E-state index contributed by atoms with van der Waals surface area (Å²) in [5, 5.41) is 7.72. The van der Waals surface area contributed by atoms with Crippen LogP contribution in [-0.4, -0.2) is 5.11 Å². The van der Waals surface area contributed by atoms with E-state index in [0.717, 1.165) is 22.0 Å². The SMILES string of the molecule is Cc1cc(C)c(NC(=S)Nc2ccc(C)c(Cl)c2)c(C)c1. The van der Waals surface area contributed by atoms with Crippen LogP contribution in [-0.2, 0) is 0 Å². The van der Waals surface area contributed by atoms with Crippen molar-refractivity contribution in [2.45, 2.75) is 27.7 Å². The average Bonchev–Trinajstić information content (AvgIpc) is 2.38. The van der Waals surface area contributed by atoms with Crippen molar-refractivity contribution in [3.63, 3.8) is 0 Å². The summed E-state index contributed by atoms with van der Waals surface area (Å²) in [6.07, 6.45) is 0. The topological polar surface area (TPSA) is 24.1 Å². The second-order valence-corrected chi connectivity index (χ2v) is 6.13.